The summed E-state index contributed by atoms with van der Waals surface area (Å²) in [6, 6.07) is 57.5. The second-order valence-corrected chi connectivity index (χ2v) is 31.2. The molecular weight excluding hydrogens is 1330 g/mol. The van der Waals surface area contributed by atoms with Crippen molar-refractivity contribution in [3.05, 3.63) is 262 Å². The summed E-state index contributed by atoms with van der Waals surface area (Å²) in [5.41, 5.74) is 25.4. The normalized spacial score (nSPS) is 14.0. The van der Waals surface area contributed by atoms with Crippen molar-refractivity contribution in [2.24, 2.45) is 39.0 Å². The number of aryl methyl sites for hydroxylation is 13. The molecular formula is C96H100N8O4+4. The third-order valence-corrected chi connectivity index (χ3v) is 20.0. The van der Waals surface area contributed by atoms with Crippen LogP contribution in [0.15, 0.2) is 212 Å². The van der Waals surface area contributed by atoms with Crippen molar-refractivity contribution in [3.63, 3.8) is 0 Å². The number of benzene rings is 5. The largest absolute Gasteiger partial charge is 0.437 e. The summed E-state index contributed by atoms with van der Waals surface area (Å²) in [7, 11) is 7.87. The van der Waals surface area contributed by atoms with Crippen molar-refractivity contribution in [1.29, 1.82) is 0 Å². The van der Waals surface area contributed by atoms with Crippen LogP contribution in [0.25, 0.3) is 144 Å². The fourth-order valence-electron chi connectivity index (χ4n) is 14.7. The van der Waals surface area contributed by atoms with Crippen molar-refractivity contribution < 1.29 is 48.3 Å². The van der Waals surface area contributed by atoms with Gasteiger partial charge in [0.05, 0.1) is 22.3 Å². The molecule has 0 saturated carbocycles. The molecule has 17 aromatic rings. The Bertz CT molecular complexity index is 6770. The Morgan fingerprint density at radius 3 is 1.13 bits per heavy atom. The molecule has 0 aliphatic carbocycles. The van der Waals surface area contributed by atoms with Crippen LogP contribution in [0, 0.1) is 73.1 Å². The Labute approximate surface area is 646 Å². The molecule has 0 N–H and O–H groups in total. The lowest BCUT2D eigenvalue weighted by atomic mass is 9.87. The molecule has 0 saturated heterocycles. The third-order valence-electron chi connectivity index (χ3n) is 20.0. The number of hydrogen-bond acceptors (Lipinski definition) is 8. The summed E-state index contributed by atoms with van der Waals surface area (Å²) < 4.78 is 107. The van der Waals surface area contributed by atoms with E-state index >= 15 is 0 Å². The minimum atomic E-state index is -2.73. The summed E-state index contributed by atoms with van der Waals surface area (Å²) in [6.07, 6.45) is 7.23. The number of nitrogens with zero attached hydrogens (tertiary/aromatic N) is 8. The van der Waals surface area contributed by atoms with Crippen LogP contribution < -0.4 is 18.3 Å². The van der Waals surface area contributed by atoms with Gasteiger partial charge in [-0.1, -0.05) is 134 Å². The molecule has 1 atom stereocenters. The molecule has 12 nitrogen and oxygen atoms in total. The maximum atomic E-state index is 8.70. The van der Waals surface area contributed by atoms with Crippen molar-refractivity contribution in [1.82, 2.24) is 19.9 Å². The Hall–Kier alpha value is -11.5. The topological polar surface area (TPSA) is 120 Å². The highest BCUT2D eigenvalue weighted by Crippen LogP contribution is 2.42. The zero-order valence-electron chi connectivity index (χ0n) is 74.4. The summed E-state index contributed by atoms with van der Waals surface area (Å²) in [4.78, 5) is 18.2. The van der Waals surface area contributed by atoms with E-state index < -0.39 is 31.4 Å². The first-order chi connectivity index (χ1) is 55.0. The van der Waals surface area contributed by atoms with Crippen LogP contribution in [-0.4, -0.2) is 19.9 Å². The minimum absolute atomic E-state index is 0.0583. The second kappa shape index (κ2) is 29.0. The van der Waals surface area contributed by atoms with Gasteiger partial charge in [0.2, 0.25) is 45.6 Å². The van der Waals surface area contributed by atoms with Gasteiger partial charge in [0.15, 0.2) is 47.1 Å². The van der Waals surface area contributed by atoms with E-state index in [0.717, 1.165) is 128 Å². The lowest BCUT2D eigenvalue weighted by Gasteiger charge is -2.18. The molecule has 1 unspecified atom stereocenters. The number of furan rings is 4. The molecule has 0 radical (unpaired) electrons. The van der Waals surface area contributed by atoms with Gasteiger partial charge in [0.1, 0.15) is 28.2 Å². The van der Waals surface area contributed by atoms with E-state index in [9.17, 15) is 0 Å². The number of aromatic nitrogens is 8. The smallest absolute Gasteiger partial charge is 0.227 e. The van der Waals surface area contributed by atoms with Crippen LogP contribution in [0.4, 0.5) is 0 Å². The quantitative estimate of drug-likeness (QED) is 0.138. The molecule has 0 bridgehead atoms. The van der Waals surface area contributed by atoms with Gasteiger partial charge in [-0.3, -0.25) is 0 Å². The molecule has 12 heterocycles. The van der Waals surface area contributed by atoms with Crippen LogP contribution in [-0.2, 0) is 41.0 Å². The summed E-state index contributed by atoms with van der Waals surface area (Å²) in [6.45, 7) is 24.6. The average molecular weight is 1440 g/mol. The van der Waals surface area contributed by atoms with Crippen LogP contribution in [0.1, 0.15) is 141 Å². The van der Waals surface area contributed by atoms with Gasteiger partial charge in [0.25, 0.3) is 0 Å². The van der Waals surface area contributed by atoms with Crippen LogP contribution in [0.5, 0.6) is 0 Å². The van der Waals surface area contributed by atoms with Gasteiger partial charge in [0, 0.05) is 126 Å². The monoisotopic (exact) mass is 1440 g/mol. The molecule has 17 rings (SSSR count). The molecule has 12 aromatic heterocycles. The molecule has 12 heteroatoms. The van der Waals surface area contributed by atoms with E-state index in [2.05, 4.69) is 200 Å². The molecule has 544 valence electrons. The fourth-order valence-corrected chi connectivity index (χ4v) is 14.7. The minimum Gasteiger partial charge on any atom is -0.437 e. The van der Waals surface area contributed by atoms with Gasteiger partial charge in [-0.2, -0.15) is 0 Å². The van der Waals surface area contributed by atoms with E-state index in [1.807, 2.05) is 134 Å². The van der Waals surface area contributed by atoms with Gasteiger partial charge in [-0.05, 0) is 191 Å². The first-order valence-corrected chi connectivity index (χ1v) is 36.8. The van der Waals surface area contributed by atoms with E-state index in [1.165, 1.54) is 52.7 Å². The maximum absolute atomic E-state index is 8.70. The molecule has 0 fully saturated rings. The van der Waals surface area contributed by atoms with Crippen molar-refractivity contribution >= 4 is 88.3 Å². The van der Waals surface area contributed by atoms with Crippen LogP contribution in [0.3, 0.4) is 0 Å². The zero-order valence-corrected chi connectivity index (χ0v) is 65.4. The lowest BCUT2D eigenvalue weighted by Crippen LogP contribution is -2.32. The number of fused-ring (bicyclic) bond motifs is 12. The van der Waals surface area contributed by atoms with Gasteiger partial charge < -0.3 is 17.7 Å². The third kappa shape index (κ3) is 14.6. The van der Waals surface area contributed by atoms with Gasteiger partial charge in [-0.25, -0.2) is 38.2 Å². The van der Waals surface area contributed by atoms with E-state index in [-0.39, 0.29) is 16.5 Å². The zero-order chi connectivity index (χ0) is 84.2. The molecule has 0 amide bonds. The lowest BCUT2D eigenvalue weighted by molar-refractivity contribution is -0.660. The standard InChI is InChI=1S/C25H21N2O.2C24H27N2O.C23H25N2O/c1-16-9-12-20-21-13-10-17(2)26-25(21)28-24(20)23(16)22-14-11-19(15-27(22)3)18-7-5-4-6-8-18;2*1-15-7-9-18-19-10-8-16(2)25-23(19)27-22(18)21(15)20-13-17(11-12-26(20)6)14-24(3,4)5;1-13(2)19-11-20(25(6)12-15(19)4)21-14(3)7-9-17-18-10-8-16(5)24-23(18)26-22(17)21/h4-15H,1-3H3;2*7-13H,14H2,1-6H3;7-13H,1-6H3/q4*+1/i;14D2;;1D3,4D3,13D. The average Bonchev–Trinajstić information content (AvgIpc) is 1.61. The number of pyridine rings is 8. The van der Waals surface area contributed by atoms with E-state index in [4.69, 9.17) is 30.0 Å². The van der Waals surface area contributed by atoms with E-state index in [1.54, 1.807) is 11.6 Å². The Morgan fingerprint density at radius 2 is 0.750 bits per heavy atom. The maximum Gasteiger partial charge on any atom is 0.227 e. The predicted molar refractivity (Wildman–Crippen MR) is 441 cm³/mol. The van der Waals surface area contributed by atoms with Crippen molar-refractivity contribution in [2.75, 3.05) is 0 Å². The Kier molecular flexibility index (Phi) is 16.8. The molecule has 108 heavy (non-hydrogen) atoms. The highest BCUT2D eigenvalue weighted by molar-refractivity contribution is 6.12. The van der Waals surface area contributed by atoms with Crippen LogP contribution >= 0.6 is 0 Å². The SMILES string of the molecule is Cc1ccc2c(n1)oc1c(-c3cc(CC(C)(C)C)cc[n+]3C)c(C)ccc12.Cc1ccc2c(n1)oc1c(-c3ccc(-c4ccccc4)c[n+]3C)c(C)ccc12.[2H]C([2H])([2H])c1c[n+](C)c(-c2c(C)ccc3c2oc2nc(C)ccc23)cc1C([2H])(C)C([2H])([2H])[2H].[2H]C([2H])(c1cc[n+](C)c(-c2c(C)ccc3c2oc2nc(C)ccc23)c1)C(C)(C)C. The highest BCUT2D eigenvalue weighted by Gasteiger charge is 2.28. The first-order valence-electron chi connectivity index (χ1n) is 41.3. The Balaban J connectivity index is 0.000000129. The van der Waals surface area contributed by atoms with Gasteiger partial charge >= 0.3 is 0 Å². The Morgan fingerprint density at radius 1 is 0.380 bits per heavy atom. The first kappa shape index (κ1) is 62.7. The second-order valence-electron chi connectivity index (χ2n) is 31.2. The van der Waals surface area contributed by atoms with E-state index in [0.29, 0.717) is 45.3 Å². The predicted octanol–water partition coefficient (Wildman–Crippen LogP) is 22.6. The molecule has 0 aliphatic rings. The molecule has 0 spiro atoms. The fraction of sp³-hybridized carbons (Fsp3) is 0.271. The summed E-state index contributed by atoms with van der Waals surface area (Å²) >= 11 is 0. The van der Waals surface area contributed by atoms with Crippen molar-refractivity contribution in [2.45, 2.75) is 136 Å². The van der Waals surface area contributed by atoms with Crippen LogP contribution in [0.2, 0.25) is 0 Å². The number of rotatable bonds is 8. The summed E-state index contributed by atoms with van der Waals surface area (Å²) in [5, 5.41) is 8.09. The van der Waals surface area contributed by atoms with Crippen molar-refractivity contribution in [3.8, 4) is 56.2 Å². The summed E-state index contributed by atoms with van der Waals surface area (Å²) in [5.74, 6) is -2.13. The molecule has 0 aliphatic heterocycles. The number of hydrogen-bond donors (Lipinski definition) is 0. The molecule has 5 aromatic carbocycles. The van der Waals surface area contributed by atoms with Gasteiger partial charge in [-0.15, -0.1) is 0 Å². The highest BCUT2D eigenvalue weighted by atomic mass is 16.4.